The van der Waals surface area contributed by atoms with Gasteiger partial charge in [0, 0.05) is 13.0 Å². The van der Waals surface area contributed by atoms with E-state index in [0.29, 0.717) is 0 Å². The fourth-order valence-electron chi connectivity index (χ4n) is 10.2. The molecule has 4 amide bonds. The summed E-state index contributed by atoms with van der Waals surface area (Å²) in [6.07, 6.45) is -12.1. The van der Waals surface area contributed by atoms with Crippen LogP contribution in [0.3, 0.4) is 0 Å². The molecule has 0 aromatic heterocycles. The molecule has 18 nitrogen and oxygen atoms in total. The molecule has 10 atom stereocenters. The Kier molecular flexibility index (Phi) is 14.7. The number of ether oxygens (including phenoxy) is 7. The summed E-state index contributed by atoms with van der Waals surface area (Å²) in [4.78, 5) is 116. The average Bonchev–Trinajstić information content (AvgIpc) is 3.90. The second-order valence-electron chi connectivity index (χ2n) is 18.3. The summed E-state index contributed by atoms with van der Waals surface area (Å²) < 4.78 is 43.7. The van der Waals surface area contributed by atoms with Gasteiger partial charge < -0.3 is 38.3 Å². The highest BCUT2D eigenvalue weighted by molar-refractivity contribution is 6.22. The van der Waals surface area contributed by atoms with E-state index in [0.717, 1.165) is 9.80 Å². The van der Waals surface area contributed by atoms with Crippen LogP contribution in [-0.4, -0.2) is 138 Å². The van der Waals surface area contributed by atoms with Gasteiger partial charge in [-0.25, -0.2) is 19.2 Å². The molecule has 18 heteroatoms. The molecule has 0 spiro atoms. The maximum atomic E-state index is 14.7. The number of hydrogen-bond acceptors (Lipinski definition) is 16. The standard InChI is InChI=1S/C58H48N2O16/c1-70-58-46(60-52(64)39-28-16-17-29-40(39)53(60)65)48(75-56(68)35-22-10-4-11-23-35)41(43(74-58)31-71-54(66)33-18-6-2-7-19-33)30-42-45(59-50(62)37-26-14-15-27-38(37)51(59)63)49(76-57(69)36-24-12-5-13-25-36)47(61)44(73-42)32-72-55(67)34-20-8-3-9-21-34/h2-29,41-49,58,61H,30-32H2,1H3/t41-,42?,43?,44?,45+,46+,47?,48?,49+,58-/m0/s1. The predicted octanol–water partition coefficient (Wildman–Crippen LogP) is 5.99. The van der Waals surface area contributed by atoms with E-state index in [2.05, 4.69) is 0 Å². The van der Waals surface area contributed by atoms with Gasteiger partial charge in [0.25, 0.3) is 23.6 Å². The van der Waals surface area contributed by atoms with Crippen molar-refractivity contribution in [2.75, 3.05) is 20.3 Å². The summed E-state index contributed by atoms with van der Waals surface area (Å²) in [5, 5.41) is 12.5. The van der Waals surface area contributed by atoms with Crippen LogP contribution in [-0.2, 0) is 33.2 Å². The van der Waals surface area contributed by atoms with E-state index < -0.39 is 128 Å². The van der Waals surface area contributed by atoms with E-state index in [4.69, 9.17) is 33.2 Å². The number of esters is 4. The number of nitrogens with zero attached hydrogens (tertiary/aromatic N) is 2. The van der Waals surface area contributed by atoms with Gasteiger partial charge in [-0.15, -0.1) is 0 Å². The van der Waals surface area contributed by atoms with Crippen LogP contribution in [0.4, 0.5) is 0 Å². The first-order valence-electron chi connectivity index (χ1n) is 24.4. The lowest BCUT2D eigenvalue weighted by Gasteiger charge is -2.51. The minimum absolute atomic E-state index is 0.0113. The number of hydrogen-bond donors (Lipinski definition) is 1. The van der Waals surface area contributed by atoms with Crippen LogP contribution in [0, 0.1) is 5.92 Å². The molecule has 4 aliphatic rings. The van der Waals surface area contributed by atoms with Crippen molar-refractivity contribution in [3.05, 3.63) is 214 Å². The Balaban J connectivity index is 1.12. The van der Waals surface area contributed by atoms with Crippen LogP contribution in [0.15, 0.2) is 170 Å². The van der Waals surface area contributed by atoms with Crippen molar-refractivity contribution >= 4 is 47.5 Å². The summed E-state index contributed by atoms with van der Waals surface area (Å²) >= 11 is 0. The Morgan fingerprint density at radius 3 is 1.21 bits per heavy atom. The van der Waals surface area contributed by atoms with Crippen LogP contribution in [0.2, 0.25) is 0 Å². The van der Waals surface area contributed by atoms with Crippen LogP contribution in [0.5, 0.6) is 0 Å². The van der Waals surface area contributed by atoms with Crippen molar-refractivity contribution in [1.82, 2.24) is 9.80 Å². The Labute approximate surface area is 434 Å². The molecule has 0 radical (unpaired) electrons. The highest BCUT2D eigenvalue weighted by atomic mass is 16.7. The maximum absolute atomic E-state index is 14.7. The minimum atomic E-state index is -1.91. The first kappa shape index (κ1) is 50.8. The molecule has 2 saturated heterocycles. The molecular weight excluding hydrogens is 981 g/mol. The van der Waals surface area contributed by atoms with Crippen molar-refractivity contribution in [3.63, 3.8) is 0 Å². The second-order valence-corrected chi connectivity index (χ2v) is 18.3. The number of rotatable bonds is 15. The number of carbonyl (C=O) groups excluding carboxylic acids is 8. The van der Waals surface area contributed by atoms with Gasteiger partial charge >= 0.3 is 23.9 Å². The van der Waals surface area contributed by atoms with Gasteiger partial charge in [0.2, 0.25) is 0 Å². The SMILES string of the molecule is CO[C@H]1OC(COC(=O)c2ccccc2)[C@H](CC2OC(COC(=O)c3ccccc3)C(O)[C@H](OC(=O)c3ccccc3)[C@@H]2N2C(=O)c3ccccc3C2=O)C(OC(=O)c2ccccc2)[C@H]1N1C(=O)c2ccccc2C1=O. The molecule has 10 rings (SSSR count). The Bertz CT molecular complexity index is 3110. The molecule has 4 heterocycles. The lowest BCUT2D eigenvalue weighted by molar-refractivity contribution is -0.268. The van der Waals surface area contributed by atoms with Gasteiger partial charge in [-0.05, 0) is 79.2 Å². The van der Waals surface area contributed by atoms with E-state index >= 15 is 0 Å². The molecule has 386 valence electrons. The van der Waals surface area contributed by atoms with Crippen molar-refractivity contribution in [2.24, 2.45) is 5.92 Å². The van der Waals surface area contributed by atoms with E-state index in [1.165, 1.54) is 79.9 Å². The second kappa shape index (κ2) is 22.0. The van der Waals surface area contributed by atoms with Crippen LogP contribution in [0.25, 0.3) is 0 Å². The number of imide groups is 2. The zero-order valence-electron chi connectivity index (χ0n) is 40.5. The zero-order chi connectivity index (χ0) is 53.0. The minimum Gasteiger partial charge on any atom is -0.459 e. The van der Waals surface area contributed by atoms with Crippen molar-refractivity contribution in [2.45, 2.75) is 61.4 Å². The lowest BCUT2D eigenvalue weighted by Crippen LogP contribution is -2.69. The average molecular weight is 1030 g/mol. The summed E-state index contributed by atoms with van der Waals surface area (Å²) in [5.74, 6) is -8.11. The highest BCUT2D eigenvalue weighted by Gasteiger charge is 2.60. The lowest BCUT2D eigenvalue weighted by atomic mass is 9.79. The molecule has 0 bridgehead atoms. The molecule has 1 N–H and O–H groups in total. The highest BCUT2D eigenvalue weighted by Crippen LogP contribution is 2.43. The molecule has 76 heavy (non-hydrogen) atoms. The summed E-state index contributed by atoms with van der Waals surface area (Å²) in [7, 11) is 1.25. The van der Waals surface area contributed by atoms with E-state index in [-0.39, 0.29) is 44.5 Å². The predicted molar refractivity (Wildman–Crippen MR) is 265 cm³/mol. The quantitative estimate of drug-likeness (QED) is 0.0708. The molecule has 4 aliphatic heterocycles. The molecular formula is C58H48N2O16. The van der Waals surface area contributed by atoms with Gasteiger partial charge in [-0.2, -0.15) is 0 Å². The van der Waals surface area contributed by atoms with Crippen LogP contribution >= 0.6 is 0 Å². The largest absolute Gasteiger partial charge is 0.459 e. The summed E-state index contributed by atoms with van der Waals surface area (Å²) in [6, 6.07) is 40.3. The monoisotopic (exact) mass is 1030 g/mol. The molecule has 6 aromatic carbocycles. The van der Waals surface area contributed by atoms with Gasteiger partial charge in [0.15, 0.2) is 12.4 Å². The molecule has 0 saturated carbocycles. The Hall–Kier alpha value is -8.68. The first-order chi connectivity index (χ1) is 36.9. The fraction of sp³-hybridized carbons (Fsp3) is 0.241. The summed E-state index contributed by atoms with van der Waals surface area (Å²) in [5.41, 5.74) is 0.473. The number of benzene rings is 6. The topological polar surface area (TPSA) is 228 Å². The molecule has 5 unspecified atom stereocenters. The van der Waals surface area contributed by atoms with Gasteiger partial charge in [0.05, 0.1) is 50.6 Å². The maximum Gasteiger partial charge on any atom is 0.338 e. The first-order valence-corrected chi connectivity index (χ1v) is 24.4. The number of aliphatic hydroxyl groups excluding tert-OH is 1. The third-order valence-electron chi connectivity index (χ3n) is 13.9. The van der Waals surface area contributed by atoms with Crippen molar-refractivity contribution in [1.29, 1.82) is 0 Å². The van der Waals surface area contributed by atoms with E-state index in [1.807, 2.05) is 0 Å². The number of aliphatic hydroxyl groups is 1. The summed E-state index contributed by atoms with van der Waals surface area (Å²) in [6.45, 7) is -1.27. The smallest absolute Gasteiger partial charge is 0.338 e. The van der Waals surface area contributed by atoms with E-state index in [1.54, 1.807) is 97.1 Å². The number of amides is 4. The van der Waals surface area contributed by atoms with Crippen LogP contribution < -0.4 is 0 Å². The molecule has 6 aromatic rings. The van der Waals surface area contributed by atoms with Crippen LogP contribution in [0.1, 0.15) is 89.3 Å². The van der Waals surface area contributed by atoms with Gasteiger partial charge in [0.1, 0.15) is 49.7 Å². The normalized spacial score (nSPS) is 24.8. The number of fused-ring (bicyclic) bond motifs is 2. The number of carbonyl (C=O) groups is 8. The Morgan fingerprint density at radius 2 is 0.803 bits per heavy atom. The third-order valence-corrected chi connectivity index (χ3v) is 13.9. The Morgan fingerprint density at radius 1 is 0.447 bits per heavy atom. The van der Waals surface area contributed by atoms with Crippen molar-refractivity contribution < 1.29 is 76.6 Å². The fourth-order valence-corrected chi connectivity index (χ4v) is 10.2. The van der Waals surface area contributed by atoms with E-state index in [9.17, 15) is 43.5 Å². The van der Waals surface area contributed by atoms with Crippen molar-refractivity contribution in [3.8, 4) is 0 Å². The van der Waals surface area contributed by atoms with Gasteiger partial charge in [-0.1, -0.05) is 97.1 Å². The third kappa shape index (κ3) is 9.89. The number of methoxy groups -OCH3 is 1. The zero-order valence-corrected chi connectivity index (χ0v) is 40.5. The van der Waals surface area contributed by atoms with Gasteiger partial charge in [-0.3, -0.25) is 29.0 Å². The molecule has 2 fully saturated rings. The molecule has 0 aliphatic carbocycles.